The molecule has 6 nitrogen and oxygen atoms in total. The standard InChI is InChI=1S/C13H17N3O3S/c1-13(9-5-6-11(10-13)15-16-14)19-20(17,18)12-7-3-2-4-8-12/h2-4,7-8,11H,5-6,9-10H2,1H3. The second kappa shape index (κ2) is 5.83. The molecule has 1 aliphatic carbocycles. The summed E-state index contributed by atoms with van der Waals surface area (Å²) in [6, 6.07) is 7.87. The molecule has 0 amide bonds. The van der Waals surface area contributed by atoms with E-state index in [1.165, 1.54) is 12.1 Å². The van der Waals surface area contributed by atoms with E-state index in [1.54, 1.807) is 25.1 Å². The number of hydrogen-bond acceptors (Lipinski definition) is 4. The van der Waals surface area contributed by atoms with Crippen LogP contribution in [0.2, 0.25) is 0 Å². The van der Waals surface area contributed by atoms with Crippen molar-refractivity contribution in [2.75, 3.05) is 0 Å². The van der Waals surface area contributed by atoms with Crippen LogP contribution in [0, 0.1) is 0 Å². The lowest BCUT2D eigenvalue weighted by Crippen LogP contribution is -2.38. The Bertz CT molecular complexity index is 611. The first-order valence-electron chi connectivity index (χ1n) is 6.50. The van der Waals surface area contributed by atoms with Gasteiger partial charge in [0.2, 0.25) is 0 Å². The molecule has 0 heterocycles. The van der Waals surface area contributed by atoms with E-state index in [4.69, 9.17) is 9.71 Å². The molecule has 2 rings (SSSR count). The highest BCUT2D eigenvalue weighted by Gasteiger charge is 2.37. The highest BCUT2D eigenvalue weighted by atomic mass is 32.2. The molecule has 0 aliphatic heterocycles. The predicted molar refractivity (Wildman–Crippen MR) is 74.5 cm³/mol. The topological polar surface area (TPSA) is 92.1 Å². The van der Waals surface area contributed by atoms with Crippen LogP contribution in [0.1, 0.15) is 32.6 Å². The van der Waals surface area contributed by atoms with E-state index in [1.807, 2.05) is 0 Å². The Morgan fingerprint density at radius 2 is 2.10 bits per heavy atom. The van der Waals surface area contributed by atoms with Gasteiger partial charge in [-0.2, -0.15) is 8.42 Å². The summed E-state index contributed by atoms with van der Waals surface area (Å²) in [5.41, 5.74) is 7.68. The molecule has 0 bridgehead atoms. The molecule has 0 N–H and O–H groups in total. The summed E-state index contributed by atoms with van der Waals surface area (Å²) in [4.78, 5) is 2.95. The van der Waals surface area contributed by atoms with E-state index in [-0.39, 0.29) is 10.9 Å². The maximum Gasteiger partial charge on any atom is 0.297 e. The van der Waals surface area contributed by atoms with Gasteiger partial charge in [-0.05, 0) is 43.9 Å². The van der Waals surface area contributed by atoms with Gasteiger partial charge in [-0.3, -0.25) is 4.18 Å². The molecular formula is C13H17N3O3S. The first kappa shape index (κ1) is 14.8. The third kappa shape index (κ3) is 3.50. The van der Waals surface area contributed by atoms with Gasteiger partial charge in [-0.15, -0.1) is 0 Å². The van der Waals surface area contributed by atoms with Crippen LogP contribution in [0.5, 0.6) is 0 Å². The molecule has 108 valence electrons. The van der Waals surface area contributed by atoms with Crippen LogP contribution in [0.15, 0.2) is 40.3 Å². The van der Waals surface area contributed by atoms with Gasteiger partial charge in [-0.25, -0.2) is 0 Å². The molecule has 0 saturated heterocycles. The minimum absolute atomic E-state index is 0.145. The van der Waals surface area contributed by atoms with Crippen molar-refractivity contribution in [3.63, 3.8) is 0 Å². The third-order valence-corrected chi connectivity index (χ3v) is 4.94. The lowest BCUT2D eigenvalue weighted by Gasteiger charge is -2.35. The van der Waals surface area contributed by atoms with Crippen molar-refractivity contribution in [3.05, 3.63) is 40.8 Å². The second-order valence-corrected chi connectivity index (χ2v) is 6.80. The van der Waals surface area contributed by atoms with Crippen LogP contribution < -0.4 is 0 Å². The van der Waals surface area contributed by atoms with Crippen LogP contribution in [-0.2, 0) is 14.3 Å². The minimum Gasteiger partial charge on any atom is -0.260 e. The number of nitrogens with zero attached hydrogens (tertiary/aromatic N) is 3. The van der Waals surface area contributed by atoms with Crippen LogP contribution in [0.25, 0.3) is 10.4 Å². The van der Waals surface area contributed by atoms with E-state index in [2.05, 4.69) is 10.0 Å². The zero-order valence-electron chi connectivity index (χ0n) is 11.3. The van der Waals surface area contributed by atoms with E-state index >= 15 is 0 Å². The molecule has 2 atom stereocenters. The van der Waals surface area contributed by atoms with E-state index in [0.29, 0.717) is 12.8 Å². The van der Waals surface area contributed by atoms with Gasteiger partial charge >= 0.3 is 0 Å². The van der Waals surface area contributed by atoms with Crippen molar-refractivity contribution in [2.24, 2.45) is 5.11 Å². The van der Waals surface area contributed by atoms with E-state index in [9.17, 15) is 8.42 Å². The Hall–Kier alpha value is -1.56. The highest BCUT2D eigenvalue weighted by Crippen LogP contribution is 2.35. The van der Waals surface area contributed by atoms with Crippen molar-refractivity contribution in [2.45, 2.75) is 49.1 Å². The van der Waals surface area contributed by atoms with Crippen LogP contribution >= 0.6 is 0 Å². The Labute approximate surface area is 118 Å². The average Bonchev–Trinajstić information content (AvgIpc) is 2.39. The van der Waals surface area contributed by atoms with Gasteiger partial charge < -0.3 is 0 Å². The van der Waals surface area contributed by atoms with Gasteiger partial charge in [0.15, 0.2) is 0 Å². The zero-order chi connectivity index (χ0) is 14.6. The molecule has 20 heavy (non-hydrogen) atoms. The number of benzene rings is 1. The van der Waals surface area contributed by atoms with Gasteiger partial charge in [0.1, 0.15) is 0 Å². The number of azide groups is 1. The number of rotatable bonds is 4. The second-order valence-electron chi connectivity index (χ2n) is 5.26. The maximum absolute atomic E-state index is 12.2. The molecule has 1 aliphatic rings. The molecule has 0 spiro atoms. The summed E-state index contributed by atoms with van der Waals surface area (Å²) in [5.74, 6) is 0. The van der Waals surface area contributed by atoms with Crippen molar-refractivity contribution >= 4 is 10.1 Å². The fourth-order valence-corrected chi connectivity index (χ4v) is 3.83. The molecule has 2 unspecified atom stereocenters. The Morgan fingerprint density at radius 1 is 1.40 bits per heavy atom. The first-order chi connectivity index (χ1) is 9.45. The lowest BCUT2D eigenvalue weighted by molar-refractivity contribution is 0.0481. The fourth-order valence-electron chi connectivity index (χ4n) is 2.56. The van der Waals surface area contributed by atoms with Crippen molar-refractivity contribution in [3.8, 4) is 0 Å². The van der Waals surface area contributed by atoms with Gasteiger partial charge in [0, 0.05) is 11.0 Å². The summed E-state index contributed by atoms with van der Waals surface area (Å²) in [6.45, 7) is 1.76. The quantitative estimate of drug-likeness (QED) is 0.369. The minimum atomic E-state index is -3.79. The molecule has 7 heteroatoms. The summed E-state index contributed by atoms with van der Waals surface area (Å²) in [5, 5.41) is 3.69. The Morgan fingerprint density at radius 3 is 2.75 bits per heavy atom. The zero-order valence-corrected chi connectivity index (χ0v) is 12.1. The summed E-state index contributed by atoms with van der Waals surface area (Å²) >= 11 is 0. The average molecular weight is 295 g/mol. The molecule has 0 radical (unpaired) electrons. The SMILES string of the molecule is CC1(OS(=O)(=O)c2ccccc2)CCCC(N=[N+]=[N-])C1. The number of hydrogen-bond donors (Lipinski definition) is 0. The molecule has 1 saturated carbocycles. The smallest absolute Gasteiger partial charge is 0.260 e. The normalized spacial score (nSPS) is 26.8. The summed E-state index contributed by atoms with van der Waals surface area (Å²) in [7, 11) is -3.79. The molecule has 1 aromatic rings. The van der Waals surface area contributed by atoms with E-state index in [0.717, 1.165) is 12.8 Å². The largest absolute Gasteiger partial charge is 0.297 e. The highest BCUT2D eigenvalue weighted by molar-refractivity contribution is 7.86. The Kier molecular flexibility index (Phi) is 4.32. The van der Waals surface area contributed by atoms with E-state index < -0.39 is 15.7 Å². The maximum atomic E-state index is 12.2. The molecule has 0 aromatic heterocycles. The fraction of sp³-hybridized carbons (Fsp3) is 0.538. The first-order valence-corrected chi connectivity index (χ1v) is 7.91. The van der Waals surface area contributed by atoms with Gasteiger partial charge in [0.05, 0.1) is 10.5 Å². The van der Waals surface area contributed by atoms with Crippen LogP contribution in [0.4, 0.5) is 0 Å². The Balaban J connectivity index is 2.17. The summed E-state index contributed by atoms with van der Waals surface area (Å²) < 4.78 is 29.9. The van der Waals surface area contributed by atoms with Crippen LogP contribution in [-0.4, -0.2) is 20.1 Å². The third-order valence-electron chi connectivity index (χ3n) is 3.47. The van der Waals surface area contributed by atoms with Crippen LogP contribution in [0.3, 0.4) is 0 Å². The van der Waals surface area contributed by atoms with Crippen molar-refractivity contribution in [1.29, 1.82) is 0 Å². The van der Waals surface area contributed by atoms with Crippen molar-refractivity contribution in [1.82, 2.24) is 0 Å². The predicted octanol–water partition coefficient (Wildman–Crippen LogP) is 3.40. The molecule has 1 fully saturated rings. The molecule has 1 aromatic carbocycles. The monoisotopic (exact) mass is 295 g/mol. The summed E-state index contributed by atoms with van der Waals surface area (Å²) in [6.07, 6.45) is 2.61. The van der Waals surface area contributed by atoms with Gasteiger partial charge in [-0.1, -0.05) is 29.7 Å². The molecular weight excluding hydrogens is 278 g/mol. The van der Waals surface area contributed by atoms with Crippen molar-refractivity contribution < 1.29 is 12.6 Å². The van der Waals surface area contributed by atoms with Gasteiger partial charge in [0.25, 0.3) is 10.1 Å². The lowest BCUT2D eigenvalue weighted by atomic mass is 9.84.